The molecule has 1 aliphatic heterocycles. The average Bonchev–Trinajstić information content (AvgIpc) is 2.29. The maximum Gasteiger partial charge on any atom is 0.243 e. The smallest absolute Gasteiger partial charge is 0.243 e. The lowest BCUT2D eigenvalue weighted by atomic mass is 10.3. The first-order valence-corrected chi connectivity index (χ1v) is 5.74. The van der Waals surface area contributed by atoms with Crippen LogP contribution in [0.1, 0.15) is 0 Å². The molecule has 1 rings (SSSR count). The van der Waals surface area contributed by atoms with Gasteiger partial charge < -0.3 is 21.1 Å². The van der Waals surface area contributed by atoms with Gasteiger partial charge in [-0.3, -0.25) is 14.5 Å². The van der Waals surface area contributed by atoms with Crippen molar-refractivity contribution in [3.8, 4) is 0 Å². The van der Waals surface area contributed by atoms with Crippen LogP contribution in [0.3, 0.4) is 0 Å². The van der Waals surface area contributed by atoms with E-state index in [-0.39, 0.29) is 12.5 Å². The predicted octanol–water partition coefficient (Wildman–Crippen LogP) is -2.49. The first-order chi connectivity index (χ1) is 8.18. The zero-order valence-electron chi connectivity index (χ0n) is 9.91. The first-order valence-electron chi connectivity index (χ1n) is 5.74. The molecule has 1 saturated heterocycles. The molecule has 4 N–H and O–H groups in total. The van der Waals surface area contributed by atoms with E-state index in [1.807, 2.05) is 0 Å². The topological polar surface area (TPSA) is 96.7 Å². The zero-order chi connectivity index (χ0) is 12.5. The molecule has 0 aliphatic carbocycles. The SMILES string of the molecule is NC(=O)COCCNC(=O)CN1CCNCC1. The first kappa shape index (κ1) is 13.9. The van der Waals surface area contributed by atoms with Gasteiger partial charge in [-0.2, -0.15) is 0 Å². The van der Waals surface area contributed by atoms with Gasteiger partial charge in [0.25, 0.3) is 0 Å². The fourth-order valence-electron chi connectivity index (χ4n) is 1.56. The highest BCUT2D eigenvalue weighted by molar-refractivity contribution is 5.78. The summed E-state index contributed by atoms with van der Waals surface area (Å²) in [7, 11) is 0. The molecule has 0 aromatic rings. The summed E-state index contributed by atoms with van der Waals surface area (Å²) >= 11 is 0. The standard InChI is InChI=1S/C10H20N4O3/c11-9(15)8-17-6-3-13-10(16)7-14-4-1-12-2-5-14/h12H,1-8H2,(H2,11,15)(H,13,16). The van der Waals surface area contributed by atoms with Crippen LogP contribution in [0.5, 0.6) is 0 Å². The Morgan fingerprint density at radius 2 is 2.06 bits per heavy atom. The molecular formula is C10H20N4O3. The Kier molecular flexibility index (Phi) is 6.53. The maximum absolute atomic E-state index is 11.5. The summed E-state index contributed by atoms with van der Waals surface area (Å²) in [6, 6.07) is 0. The van der Waals surface area contributed by atoms with Gasteiger partial charge >= 0.3 is 0 Å². The number of carbonyl (C=O) groups is 2. The van der Waals surface area contributed by atoms with Crippen molar-refractivity contribution in [3.05, 3.63) is 0 Å². The van der Waals surface area contributed by atoms with Crippen molar-refractivity contribution in [3.63, 3.8) is 0 Å². The average molecular weight is 244 g/mol. The van der Waals surface area contributed by atoms with Gasteiger partial charge in [0.15, 0.2) is 0 Å². The Morgan fingerprint density at radius 1 is 1.35 bits per heavy atom. The number of ether oxygens (including phenoxy) is 1. The van der Waals surface area contributed by atoms with Crippen LogP contribution >= 0.6 is 0 Å². The molecule has 0 aromatic carbocycles. The number of rotatable bonds is 7. The number of carbonyl (C=O) groups excluding carboxylic acids is 2. The molecule has 0 aromatic heterocycles. The van der Waals surface area contributed by atoms with Crippen LogP contribution in [-0.2, 0) is 14.3 Å². The van der Waals surface area contributed by atoms with Crippen LogP contribution in [0.4, 0.5) is 0 Å². The van der Waals surface area contributed by atoms with Gasteiger partial charge in [-0.05, 0) is 0 Å². The third kappa shape index (κ3) is 6.88. The number of nitrogens with two attached hydrogens (primary N) is 1. The third-order valence-electron chi connectivity index (χ3n) is 2.39. The highest BCUT2D eigenvalue weighted by Crippen LogP contribution is 1.90. The van der Waals surface area contributed by atoms with Crippen molar-refractivity contribution >= 4 is 11.8 Å². The monoisotopic (exact) mass is 244 g/mol. The highest BCUT2D eigenvalue weighted by Gasteiger charge is 2.12. The van der Waals surface area contributed by atoms with E-state index >= 15 is 0 Å². The molecular weight excluding hydrogens is 224 g/mol. The highest BCUT2D eigenvalue weighted by atomic mass is 16.5. The normalized spacial score (nSPS) is 16.7. The number of piperazine rings is 1. The van der Waals surface area contributed by atoms with Crippen LogP contribution in [-0.4, -0.2) is 69.2 Å². The van der Waals surface area contributed by atoms with Crippen LogP contribution in [0.2, 0.25) is 0 Å². The quantitative estimate of drug-likeness (QED) is 0.431. The lowest BCUT2D eigenvalue weighted by Gasteiger charge is -2.26. The molecule has 1 heterocycles. The minimum atomic E-state index is -0.503. The molecule has 98 valence electrons. The van der Waals surface area contributed by atoms with E-state index in [9.17, 15) is 9.59 Å². The van der Waals surface area contributed by atoms with Crippen molar-refractivity contribution in [1.29, 1.82) is 0 Å². The molecule has 0 spiro atoms. The van der Waals surface area contributed by atoms with Crippen molar-refractivity contribution in [2.45, 2.75) is 0 Å². The van der Waals surface area contributed by atoms with Crippen molar-refractivity contribution in [1.82, 2.24) is 15.5 Å². The number of nitrogens with one attached hydrogen (secondary N) is 2. The summed E-state index contributed by atoms with van der Waals surface area (Å²) in [5.74, 6) is -0.522. The molecule has 0 saturated carbocycles. The minimum Gasteiger partial charge on any atom is -0.370 e. The summed E-state index contributed by atoms with van der Waals surface area (Å²) in [4.78, 5) is 23.9. The summed E-state index contributed by atoms with van der Waals surface area (Å²) in [5, 5.41) is 5.95. The van der Waals surface area contributed by atoms with E-state index in [0.29, 0.717) is 19.7 Å². The molecule has 0 bridgehead atoms. The molecule has 0 atom stereocenters. The van der Waals surface area contributed by atoms with E-state index in [2.05, 4.69) is 15.5 Å². The lowest BCUT2D eigenvalue weighted by Crippen LogP contribution is -2.47. The largest absolute Gasteiger partial charge is 0.370 e. The van der Waals surface area contributed by atoms with Crippen molar-refractivity contribution < 1.29 is 14.3 Å². The molecule has 0 radical (unpaired) electrons. The van der Waals surface area contributed by atoms with Gasteiger partial charge in [0.05, 0.1) is 13.2 Å². The fourth-order valence-corrected chi connectivity index (χ4v) is 1.56. The second kappa shape index (κ2) is 7.99. The Bertz CT molecular complexity index is 254. The lowest BCUT2D eigenvalue weighted by molar-refractivity contribution is -0.123. The van der Waals surface area contributed by atoms with Gasteiger partial charge in [0.2, 0.25) is 11.8 Å². The van der Waals surface area contributed by atoms with Gasteiger partial charge in [0.1, 0.15) is 6.61 Å². The number of hydrogen-bond donors (Lipinski definition) is 3. The molecule has 1 aliphatic rings. The maximum atomic E-state index is 11.5. The number of hydrogen-bond acceptors (Lipinski definition) is 5. The molecule has 17 heavy (non-hydrogen) atoms. The third-order valence-corrected chi connectivity index (χ3v) is 2.39. The van der Waals surface area contributed by atoms with Gasteiger partial charge in [-0.25, -0.2) is 0 Å². The van der Waals surface area contributed by atoms with Gasteiger partial charge in [-0.15, -0.1) is 0 Å². The summed E-state index contributed by atoms with van der Waals surface area (Å²) in [6.07, 6.45) is 0. The molecule has 7 heteroatoms. The van der Waals surface area contributed by atoms with Crippen LogP contribution in [0.15, 0.2) is 0 Å². The van der Waals surface area contributed by atoms with Crippen molar-refractivity contribution in [2.24, 2.45) is 5.73 Å². The molecule has 0 unspecified atom stereocenters. The van der Waals surface area contributed by atoms with Crippen LogP contribution < -0.4 is 16.4 Å². The molecule has 7 nitrogen and oxygen atoms in total. The summed E-state index contributed by atoms with van der Waals surface area (Å²) < 4.78 is 4.92. The minimum absolute atomic E-state index is 0.0189. The zero-order valence-corrected chi connectivity index (χ0v) is 9.91. The van der Waals surface area contributed by atoms with E-state index < -0.39 is 5.91 Å². The van der Waals surface area contributed by atoms with E-state index in [1.54, 1.807) is 0 Å². The Hall–Kier alpha value is -1.18. The second-order valence-electron chi connectivity index (χ2n) is 3.89. The van der Waals surface area contributed by atoms with E-state index in [4.69, 9.17) is 10.5 Å². The Balaban J connectivity index is 1.98. The Morgan fingerprint density at radius 3 is 2.71 bits per heavy atom. The van der Waals surface area contributed by atoms with Crippen LogP contribution in [0, 0.1) is 0 Å². The number of amides is 2. The van der Waals surface area contributed by atoms with E-state index in [0.717, 1.165) is 26.2 Å². The van der Waals surface area contributed by atoms with E-state index in [1.165, 1.54) is 0 Å². The summed E-state index contributed by atoms with van der Waals surface area (Å²) in [6.45, 7) is 4.65. The number of primary amides is 1. The van der Waals surface area contributed by atoms with Crippen molar-refractivity contribution in [2.75, 3.05) is 52.5 Å². The predicted molar refractivity (Wildman–Crippen MR) is 62.3 cm³/mol. The van der Waals surface area contributed by atoms with Gasteiger partial charge in [-0.1, -0.05) is 0 Å². The summed E-state index contributed by atoms with van der Waals surface area (Å²) in [5.41, 5.74) is 4.89. The second-order valence-corrected chi connectivity index (χ2v) is 3.89. The molecule has 1 fully saturated rings. The fraction of sp³-hybridized carbons (Fsp3) is 0.800. The number of nitrogens with zero attached hydrogens (tertiary/aromatic N) is 1. The Labute approximate surface area is 101 Å². The van der Waals surface area contributed by atoms with Crippen LogP contribution in [0.25, 0.3) is 0 Å². The molecule has 2 amide bonds. The van der Waals surface area contributed by atoms with Gasteiger partial charge in [0, 0.05) is 32.7 Å².